The Balaban J connectivity index is 1.24. The fourth-order valence-corrected chi connectivity index (χ4v) is 4.83. The molecule has 2 amide bonds. The van der Waals surface area contributed by atoms with Crippen molar-refractivity contribution in [3.63, 3.8) is 0 Å². The van der Waals surface area contributed by atoms with Gasteiger partial charge in [0.05, 0.1) is 5.69 Å². The van der Waals surface area contributed by atoms with Crippen LogP contribution < -0.4 is 4.90 Å². The van der Waals surface area contributed by atoms with Gasteiger partial charge in [0, 0.05) is 48.9 Å². The Morgan fingerprint density at radius 2 is 1.57 bits per heavy atom. The van der Waals surface area contributed by atoms with Crippen molar-refractivity contribution in [2.45, 2.75) is 13.0 Å². The third-order valence-corrected chi connectivity index (χ3v) is 7.14. The van der Waals surface area contributed by atoms with E-state index in [4.69, 9.17) is 11.6 Å². The summed E-state index contributed by atoms with van der Waals surface area (Å²) in [5.41, 5.74) is 2.89. The summed E-state index contributed by atoms with van der Waals surface area (Å²) in [4.78, 5) is 32.4. The van der Waals surface area contributed by atoms with Crippen LogP contribution in [0.1, 0.15) is 22.3 Å². The van der Waals surface area contributed by atoms with Gasteiger partial charge in [0.1, 0.15) is 12.4 Å². The Bertz CT molecular complexity index is 1430. The van der Waals surface area contributed by atoms with Crippen LogP contribution in [0.5, 0.6) is 0 Å². The molecule has 1 aromatic heterocycles. The number of nitrogens with zero attached hydrogens (tertiary/aromatic N) is 5. The summed E-state index contributed by atoms with van der Waals surface area (Å²) in [6, 6.07) is 26.3. The zero-order chi connectivity index (χ0) is 27.9. The lowest BCUT2D eigenvalue weighted by Crippen LogP contribution is -2.44. The first-order chi connectivity index (χ1) is 19.5. The van der Waals surface area contributed by atoms with E-state index in [9.17, 15) is 14.0 Å². The predicted molar refractivity (Wildman–Crippen MR) is 153 cm³/mol. The smallest absolute Gasteiger partial charge is 0.254 e. The van der Waals surface area contributed by atoms with E-state index in [-0.39, 0.29) is 24.2 Å². The van der Waals surface area contributed by atoms with Crippen LogP contribution in [-0.4, -0.2) is 64.5 Å². The van der Waals surface area contributed by atoms with Crippen LogP contribution in [0.25, 0.3) is 11.3 Å². The lowest BCUT2D eigenvalue weighted by molar-refractivity contribution is -0.131. The minimum Gasteiger partial charge on any atom is -0.353 e. The maximum Gasteiger partial charge on any atom is 0.254 e. The van der Waals surface area contributed by atoms with Gasteiger partial charge in [0.2, 0.25) is 5.91 Å². The van der Waals surface area contributed by atoms with Crippen LogP contribution in [0.2, 0.25) is 5.02 Å². The van der Waals surface area contributed by atoms with Crippen molar-refractivity contribution in [3.8, 4) is 11.3 Å². The lowest BCUT2D eigenvalue weighted by Gasteiger charge is -2.27. The minimum absolute atomic E-state index is 0.0253. The van der Waals surface area contributed by atoms with Gasteiger partial charge in [0.15, 0.2) is 5.82 Å². The second kappa shape index (κ2) is 12.7. The van der Waals surface area contributed by atoms with Gasteiger partial charge >= 0.3 is 0 Å². The summed E-state index contributed by atoms with van der Waals surface area (Å²) >= 11 is 6.01. The first-order valence-electron chi connectivity index (χ1n) is 13.2. The third kappa shape index (κ3) is 6.82. The molecule has 1 fully saturated rings. The Morgan fingerprint density at radius 1 is 0.825 bits per heavy atom. The molecular formula is C31H29ClFN5O2. The first-order valence-corrected chi connectivity index (χ1v) is 13.6. The van der Waals surface area contributed by atoms with E-state index in [1.165, 1.54) is 12.1 Å². The van der Waals surface area contributed by atoms with Crippen LogP contribution >= 0.6 is 11.6 Å². The molecule has 1 aliphatic heterocycles. The zero-order valence-corrected chi connectivity index (χ0v) is 22.7. The second-order valence-electron chi connectivity index (χ2n) is 9.66. The number of anilines is 1. The molecule has 4 aromatic rings. The van der Waals surface area contributed by atoms with Gasteiger partial charge in [-0.25, -0.2) is 4.39 Å². The largest absolute Gasteiger partial charge is 0.353 e. The maximum atomic E-state index is 13.4. The molecule has 0 unspecified atom stereocenters. The molecule has 204 valence electrons. The molecule has 9 heteroatoms. The van der Waals surface area contributed by atoms with Gasteiger partial charge < -0.3 is 14.7 Å². The molecule has 1 aliphatic rings. The Morgan fingerprint density at radius 3 is 2.27 bits per heavy atom. The number of hydrogen-bond donors (Lipinski definition) is 0. The topological polar surface area (TPSA) is 69.6 Å². The van der Waals surface area contributed by atoms with E-state index in [1.54, 1.807) is 41.3 Å². The standard InChI is InChI=1S/C31H29ClFN5O2/c32-26-11-7-25(8-12-26)31(40)38(21-23-5-2-1-3-6-23)22-30(39)37-18-4-17-36(19-20-37)29-16-15-28(34-35-29)24-9-13-27(33)14-10-24/h1-3,5-16H,4,17-22H2. The van der Waals surface area contributed by atoms with E-state index in [1.807, 2.05) is 47.4 Å². The molecular weight excluding hydrogens is 529 g/mol. The van der Waals surface area contributed by atoms with E-state index in [2.05, 4.69) is 15.1 Å². The van der Waals surface area contributed by atoms with Crippen LogP contribution in [0.15, 0.2) is 91.0 Å². The Kier molecular flexibility index (Phi) is 8.66. The molecule has 0 radical (unpaired) electrons. The molecule has 0 saturated carbocycles. The summed E-state index contributed by atoms with van der Waals surface area (Å²) in [7, 11) is 0. The molecule has 5 rings (SSSR count). The normalized spacial score (nSPS) is 13.6. The minimum atomic E-state index is -0.297. The summed E-state index contributed by atoms with van der Waals surface area (Å²) in [6.45, 7) is 2.72. The summed E-state index contributed by atoms with van der Waals surface area (Å²) < 4.78 is 13.2. The highest BCUT2D eigenvalue weighted by Gasteiger charge is 2.25. The first kappa shape index (κ1) is 27.3. The van der Waals surface area contributed by atoms with Crippen molar-refractivity contribution in [3.05, 3.63) is 113 Å². The quantitative estimate of drug-likeness (QED) is 0.308. The van der Waals surface area contributed by atoms with Crippen LogP contribution in [0.4, 0.5) is 10.2 Å². The van der Waals surface area contributed by atoms with Gasteiger partial charge in [-0.05, 0) is 72.6 Å². The van der Waals surface area contributed by atoms with Crippen molar-refractivity contribution >= 4 is 29.2 Å². The zero-order valence-electron chi connectivity index (χ0n) is 21.9. The molecule has 1 saturated heterocycles. The monoisotopic (exact) mass is 557 g/mol. The van der Waals surface area contributed by atoms with Crippen molar-refractivity contribution < 1.29 is 14.0 Å². The fraction of sp³-hybridized carbons (Fsp3) is 0.226. The average molecular weight is 558 g/mol. The maximum absolute atomic E-state index is 13.4. The lowest BCUT2D eigenvalue weighted by atomic mass is 10.1. The van der Waals surface area contributed by atoms with Gasteiger partial charge in [-0.15, -0.1) is 10.2 Å². The highest BCUT2D eigenvalue weighted by Crippen LogP contribution is 2.20. The van der Waals surface area contributed by atoms with Gasteiger partial charge in [-0.2, -0.15) is 0 Å². The molecule has 0 N–H and O–H groups in total. The van der Waals surface area contributed by atoms with Crippen molar-refractivity contribution in [2.24, 2.45) is 0 Å². The number of benzene rings is 3. The molecule has 0 aliphatic carbocycles. The summed E-state index contributed by atoms with van der Waals surface area (Å²) in [6.07, 6.45) is 0.761. The Hall–Kier alpha value is -4.30. The molecule has 7 nitrogen and oxygen atoms in total. The van der Waals surface area contributed by atoms with Crippen LogP contribution in [0.3, 0.4) is 0 Å². The molecule has 3 aromatic carbocycles. The van der Waals surface area contributed by atoms with E-state index >= 15 is 0 Å². The summed E-state index contributed by atoms with van der Waals surface area (Å²) in [5.74, 6) is 0.109. The summed E-state index contributed by atoms with van der Waals surface area (Å²) in [5, 5.41) is 9.26. The molecule has 0 spiro atoms. The number of halogens is 2. The number of carbonyl (C=O) groups excluding carboxylic acids is 2. The van der Waals surface area contributed by atoms with Gasteiger partial charge in [-0.1, -0.05) is 41.9 Å². The molecule has 40 heavy (non-hydrogen) atoms. The average Bonchev–Trinajstić information content (AvgIpc) is 3.25. The fourth-order valence-electron chi connectivity index (χ4n) is 4.71. The van der Waals surface area contributed by atoms with Gasteiger partial charge in [0.25, 0.3) is 5.91 Å². The van der Waals surface area contributed by atoms with Crippen molar-refractivity contribution in [1.29, 1.82) is 0 Å². The Labute approximate surface area is 237 Å². The van der Waals surface area contributed by atoms with Crippen molar-refractivity contribution in [2.75, 3.05) is 37.6 Å². The second-order valence-corrected chi connectivity index (χ2v) is 10.1. The van der Waals surface area contributed by atoms with E-state index in [0.29, 0.717) is 42.5 Å². The predicted octanol–water partition coefficient (Wildman–Crippen LogP) is 5.32. The van der Waals surface area contributed by atoms with Crippen LogP contribution in [-0.2, 0) is 11.3 Å². The number of hydrogen-bond acceptors (Lipinski definition) is 5. The highest BCUT2D eigenvalue weighted by molar-refractivity contribution is 6.30. The molecule has 2 heterocycles. The number of aromatic nitrogens is 2. The van der Waals surface area contributed by atoms with E-state index < -0.39 is 0 Å². The number of rotatable bonds is 7. The van der Waals surface area contributed by atoms with Crippen molar-refractivity contribution in [1.82, 2.24) is 20.0 Å². The number of carbonyl (C=O) groups is 2. The highest BCUT2D eigenvalue weighted by atomic mass is 35.5. The molecule has 0 atom stereocenters. The van der Waals surface area contributed by atoms with Crippen LogP contribution in [0, 0.1) is 5.82 Å². The van der Waals surface area contributed by atoms with E-state index in [0.717, 1.165) is 29.9 Å². The molecule has 0 bridgehead atoms. The van der Waals surface area contributed by atoms with Gasteiger partial charge in [-0.3, -0.25) is 9.59 Å². The SMILES string of the molecule is O=C(CN(Cc1ccccc1)C(=O)c1ccc(Cl)cc1)N1CCCN(c2ccc(-c3ccc(F)cc3)nn2)CC1. The number of amides is 2. The third-order valence-electron chi connectivity index (χ3n) is 6.88.